The Labute approximate surface area is 124 Å². The number of hydrogen-bond donors (Lipinski definition) is 0. The average molecular weight is 301 g/mol. The van der Waals surface area contributed by atoms with E-state index in [0.29, 0.717) is 5.56 Å². The number of carbonyl (C=O) groups is 2. The van der Waals surface area contributed by atoms with Gasteiger partial charge in [-0.1, -0.05) is 0 Å². The normalized spacial score (nSPS) is 9.86. The highest BCUT2D eigenvalue weighted by molar-refractivity contribution is 5.99. The average Bonchev–Trinajstić information content (AvgIpc) is 2.54. The molecule has 0 amide bonds. The van der Waals surface area contributed by atoms with Gasteiger partial charge < -0.3 is 4.74 Å². The van der Waals surface area contributed by atoms with Crippen molar-refractivity contribution < 1.29 is 23.1 Å². The van der Waals surface area contributed by atoms with E-state index in [1.165, 1.54) is 24.3 Å². The summed E-state index contributed by atoms with van der Waals surface area (Å²) in [6, 6.07) is 9.93. The number of nitriles is 1. The Balaban J connectivity index is 2.02. The molecule has 22 heavy (non-hydrogen) atoms. The van der Waals surface area contributed by atoms with Crippen LogP contribution in [-0.2, 0) is 4.74 Å². The fourth-order valence-electron chi connectivity index (χ4n) is 1.68. The molecule has 0 atom stereocenters. The molecule has 0 heterocycles. The first-order valence-electron chi connectivity index (χ1n) is 6.17. The molecular weight excluding hydrogens is 292 g/mol. The largest absolute Gasteiger partial charge is 0.454 e. The van der Waals surface area contributed by atoms with E-state index in [0.717, 1.165) is 18.2 Å². The van der Waals surface area contributed by atoms with Gasteiger partial charge in [-0.2, -0.15) is 5.26 Å². The number of benzene rings is 2. The van der Waals surface area contributed by atoms with Crippen molar-refractivity contribution in [1.29, 1.82) is 5.26 Å². The van der Waals surface area contributed by atoms with E-state index in [1.54, 1.807) is 0 Å². The fourth-order valence-corrected chi connectivity index (χ4v) is 1.68. The molecule has 6 heteroatoms. The van der Waals surface area contributed by atoms with E-state index in [9.17, 15) is 18.4 Å². The first kappa shape index (κ1) is 15.3. The predicted octanol–water partition coefficient (Wildman–Crippen LogP) is 2.88. The van der Waals surface area contributed by atoms with E-state index < -0.39 is 35.6 Å². The molecule has 0 aliphatic rings. The van der Waals surface area contributed by atoms with Crippen molar-refractivity contribution in [2.75, 3.05) is 6.61 Å². The molecule has 0 bridgehead atoms. The summed E-state index contributed by atoms with van der Waals surface area (Å²) in [6.07, 6.45) is 0. The van der Waals surface area contributed by atoms with Crippen LogP contribution in [0.15, 0.2) is 42.5 Å². The van der Waals surface area contributed by atoms with Gasteiger partial charge >= 0.3 is 5.97 Å². The predicted molar refractivity (Wildman–Crippen MR) is 72.1 cm³/mol. The highest BCUT2D eigenvalue weighted by Gasteiger charge is 2.16. The van der Waals surface area contributed by atoms with Crippen molar-refractivity contribution in [3.05, 3.63) is 70.8 Å². The maximum Gasteiger partial charge on any atom is 0.338 e. The zero-order valence-corrected chi connectivity index (χ0v) is 11.2. The smallest absolute Gasteiger partial charge is 0.338 e. The van der Waals surface area contributed by atoms with Gasteiger partial charge in [0.05, 0.1) is 22.8 Å². The quantitative estimate of drug-likeness (QED) is 0.643. The lowest BCUT2D eigenvalue weighted by Crippen LogP contribution is -2.15. The van der Waals surface area contributed by atoms with Gasteiger partial charge in [-0.25, -0.2) is 13.6 Å². The van der Waals surface area contributed by atoms with E-state index in [4.69, 9.17) is 10.00 Å². The second-order valence-electron chi connectivity index (χ2n) is 4.31. The summed E-state index contributed by atoms with van der Waals surface area (Å²) >= 11 is 0. The van der Waals surface area contributed by atoms with Crippen LogP contribution in [0.4, 0.5) is 8.78 Å². The maximum absolute atomic E-state index is 13.4. The summed E-state index contributed by atoms with van der Waals surface area (Å²) in [4.78, 5) is 23.4. The fraction of sp³-hybridized carbons (Fsp3) is 0.0625. The highest BCUT2D eigenvalue weighted by atomic mass is 19.1. The number of nitrogens with zero attached hydrogens (tertiary/aromatic N) is 1. The molecule has 0 saturated heterocycles. The van der Waals surface area contributed by atoms with Gasteiger partial charge in [0.15, 0.2) is 6.61 Å². The van der Waals surface area contributed by atoms with Gasteiger partial charge in [0, 0.05) is 0 Å². The Hall–Kier alpha value is -3.07. The molecule has 0 aliphatic heterocycles. The molecular formula is C16H9F2NO3. The monoisotopic (exact) mass is 301 g/mol. The first-order valence-corrected chi connectivity index (χ1v) is 6.17. The number of ether oxygens (including phenoxy) is 1. The van der Waals surface area contributed by atoms with Crippen LogP contribution in [-0.4, -0.2) is 18.4 Å². The molecule has 0 aromatic heterocycles. The topological polar surface area (TPSA) is 67.2 Å². The highest BCUT2D eigenvalue weighted by Crippen LogP contribution is 2.11. The summed E-state index contributed by atoms with van der Waals surface area (Å²) in [5, 5.41) is 8.64. The summed E-state index contributed by atoms with van der Waals surface area (Å²) in [5.74, 6) is -3.29. The van der Waals surface area contributed by atoms with Crippen molar-refractivity contribution in [3.8, 4) is 6.07 Å². The Morgan fingerprint density at radius 3 is 2.41 bits per heavy atom. The Morgan fingerprint density at radius 2 is 1.77 bits per heavy atom. The molecule has 2 rings (SSSR count). The van der Waals surface area contributed by atoms with Crippen molar-refractivity contribution in [2.24, 2.45) is 0 Å². The van der Waals surface area contributed by atoms with E-state index in [-0.39, 0.29) is 5.56 Å². The van der Waals surface area contributed by atoms with Crippen molar-refractivity contribution in [2.45, 2.75) is 0 Å². The molecule has 4 nitrogen and oxygen atoms in total. The van der Waals surface area contributed by atoms with Crippen molar-refractivity contribution in [1.82, 2.24) is 0 Å². The molecule has 0 unspecified atom stereocenters. The minimum Gasteiger partial charge on any atom is -0.454 e. The van der Waals surface area contributed by atoms with Gasteiger partial charge in [-0.15, -0.1) is 0 Å². The number of ketones is 1. The molecule has 0 aliphatic carbocycles. The summed E-state index contributed by atoms with van der Waals surface area (Å²) in [7, 11) is 0. The molecule has 0 saturated carbocycles. The van der Waals surface area contributed by atoms with E-state index >= 15 is 0 Å². The van der Waals surface area contributed by atoms with E-state index in [1.807, 2.05) is 6.07 Å². The lowest BCUT2D eigenvalue weighted by atomic mass is 10.1. The third kappa shape index (κ3) is 3.52. The second-order valence-corrected chi connectivity index (χ2v) is 4.31. The van der Waals surface area contributed by atoms with Crippen LogP contribution in [0.5, 0.6) is 0 Å². The molecule has 0 fully saturated rings. The van der Waals surface area contributed by atoms with Gasteiger partial charge in [0.1, 0.15) is 11.6 Å². The SMILES string of the molecule is N#Cc1ccc(C(=O)OCC(=O)c2cc(F)ccc2F)cc1. The summed E-state index contributed by atoms with van der Waals surface area (Å²) < 4.78 is 31.1. The minimum atomic E-state index is -0.888. The summed E-state index contributed by atoms with van der Waals surface area (Å²) in [6.45, 7) is -0.709. The number of Topliss-reactive ketones (excluding diaryl/α,β-unsaturated/α-hetero) is 1. The summed E-state index contributed by atoms with van der Waals surface area (Å²) in [5.41, 5.74) is 0.0357. The Morgan fingerprint density at radius 1 is 1.09 bits per heavy atom. The van der Waals surface area contributed by atoms with Gasteiger partial charge in [0.25, 0.3) is 0 Å². The maximum atomic E-state index is 13.4. The first-order chi connectivity index (χ1) is 10.5. The van der Waals surface area contributed by atoms with Gasteiger partial charge in [-0.3, -0.25) is 4.79 Å². The van der Waals surface area contributed by atoms with Crippen LogP contribution in [0.2, 0.25) is 0 Å². The molecule has 2 aromatic rings. The number of rotatable bonds is 4. The van der Waals surface area contributed by atoms with Crippen LogP contribution in [0.1, 0.15) is 26.3 Å². The van der Waals surface area contributed by atoms with Crippen LogP contribution in [0.3, 0.4) is 0 Å². The molecule has 0 spiro atoms. The molecule has 0 radical (unpaired) electrons. The Kier molecular flexibility index (Phi) is 4.59. The standard InChI is InChI=1S/C16H9F2NO3/c17-12-5-6-14(18)13(7-12)15(20)9-22-16(21)11-3-1-10(8-19)2-4-11/h1-7H,9H2. The minimum absolute atomic E-state index is 0.145. The second kappa shape index (κ2) is 6.59. The lowest BCUT2D eigenvalue weighted by molar-refractivity contribution is 0.0473. The van der Waals surface area contributed by atoms with Crippen LogP contribution < -0.4 is 0 Å². The molecule has 110 valence electrons. The lowest BCUT2D eigenvalue weighted by Gasteiger charge is -2.05. The van der Waals surface area contributed by atoms with Crippen LogP contribution in [0, 0.1) is 23.0 Å². The van der Waals surface area contributed by atoms with Gasteiger partial charge in [0.2, 0.25) is 5.78 Å². The Bertz CT molecular complexity index is 764. The van der Waals surface area contributed by atoms with Crippen molar-refractivity contribution in [3.63, 3.8) is 0 Å². The molecule has 0 N–H and O–H groups in total. The van der Waals surface area contributed by atoms with Crippen molar-refractivity contribution >= 4 is 11.8 Å². The van der Waals surface area contributed by atoms with Crippen LogP contribution >= 0.6 is 0 Å². The zero-order chi connectivity index (χ0) is 16.1. The number of esters is 1. The van der Waals surface area contributed by atoms with Gasteiger partial charge in [-0.05, 0) is 42.5 Å². The number of halogens is 2. The van der Waals surface area contributed by atoms with Crippen LogP contribution in [0.25, 0.3) is 0 Å². The number of carbonyl (C=O) groups excluding carboxylic acids is 2. The third-order valence-corrected chi connectivity index (χ3v) is 2.81. The third-order valence-electron chi connectivity index (χ3n) is 2.81. The molecule has 2 aromatic carbocycles. The zero-order valence-electron chi connectivity index (χ0n) is 11.2. The number of hydrogen-bond acceptors (Lipinski definition) is 4. The van der Waals surface area contributed by atoms with E-state index in [2.05, 4.69) is 0 Å².